The Morgan fingerprint density at radius 2 is 1.88 bits per heavy atom. The second-order valence-electron chi connectivity index (χ2n) is 6.14. The molecule has 0 bridgehead atoms. The maximum atomic E-state index is 13.5. The highest BCUT2D eigenvalue weighted by Crippen LogP contribution is 2.30. The van der Waals surface area contributed by atoms with Gasteiger partial charge in [0.1, 0.15) is 19.0 Å². The minimum atomic E-state index is -0.203. The average Bonchev–Trinajstić information content (AvgIpc) is 2.58. The van der Waals surface area contributed by atoms with Crippen molar-refractivity contribution in [3.05, 3.63) is 59.4 Å². The number of hydrogen-bond acceptors (Lipinski definition) is 4. The molecule has 1 unspecified atom stereocenters. The van der Waals surface area contributed by atoms with E-state index in [1.807, 2.05) is 38.4 Å². The molecule has 3 rings (SSSR count). The Bertz CT molecular complexity index is 691. The quantitative estimate of drug-likeness (QED) is 0.883. The average molecular weight is 330 g/mol. The Labute approximate surface area is 142 Å². The summed E-state index contributed by atoms with van der Waals surface area (Å²) in [5.41, 5.74) is 2.10. The lowest BCUT2D eigenvalue weighted by Gasteiger charge is -2.25. The van der Waals surface area contributed by atoms with Crippen molar-refractivity contribution in [1.29, 1.82) is 0 Å². The van der Waals surface area contributed by atoms with Crippen LogP contribution in [0.2, 0.25) is 0 Å². The van der Waals surface area contributed by atoms with Gasteiger partial charge < -0.3 is 19.7 Å². The van der Waals surface area contributed by atoms with E-state index in [9.17, 15) is 4.39 Å². The summed E-state index contributed by atoms with van der Waals surface area (Å²) >= 11 is 0. The number of rotatable bonds is 6. The minimum Gasteiger partial charge on any atom is -0.486 e. The number of nitrogens with one attached hydrogen (secondary N) is 1. The molecule has 5 heteroatoms. The second kappa shape index (κ2) is 7.64. The molecule has 128 valence electrons. The third kappa shape index (κ3) is 4.04. The standard InChI is InChI=1S/C19H23FN2O2/c1-22(2)17(15-4-3-5-16(20)11-15)13-21-12-14-6-7-18-19(10-14)24-9-8-23-18/h3-7,10-11,17,21H,8-9,12-13H2,1-2H3. The third-order valence-corrected chi connectivity index (χ3v) is 4.13. The molecule has 0 aliphatic carbocycles. The van der Waals surface area contributed by atoms with E-state index in [1.165, 1.54) is 6.07 Å². The lowest BCUT2D eigenvalue weighted by Crippen LogP contribution is -2.31. The van der Waals surface area contributed by atoms with Gasteiger partial charge in [-0.2, -0.15) is 0 Å². The van der Waals surface area contributed by atoms with Gasteiger partial charge in [0.15, 0.2) is 11.5 Å². The molecule has 24 heavy (non-hydrogen) atoms. The summed E-state index contributed by atoms with van der Waals surface area (Å²) in [6, 6.07) is 12.9. The van der Waals surface area contributed by atoms with Crippen molar-refractivity contribution in [3.8, 4) is 11.5 Å². The summed E-state index contributed by atoms with van der Waals surface area (Å²) < 4.78 is 24.6. The van der Waals surface area contributed by atoms with Crippen LogP contribution >= 0.6 is 0 Å². The van der Waals surface area contributed by atoms with Crippen LogP contribution in [-0.4, -0.2) is 38.8 Å². The van der Waals surface area contributed by atoms with Gasteiger partial charge in [0, 0.05) is 19.1 Å². The van der Waals surface area contributed by atoms with Crippen LogP contribution in [0.1, 0.15) is 17.2 Å². The van der Waals surface area contributed by atoms with E-state index < -0.39 is 0 Å². The number of nitrogens with zero attached hydrogens (tertiary/aromatic N) is 1. The van der Waals surface area contributed by atoms with E-state index in [4.69, 9.17) is 9.47 Å². The number of benzene rings is 2. The van der Waals surface area contributed by atoms with Crippen molar-refractivity contribution in [2.24, 2.45) is 0 Å². The van der Waals surface area contributed by atoms with Crippen LogP contribution in [0, 0.1) is 5.82 Å². The fraction of sp³-hybridized carbons (Fsp3) is 0.368. The van der Waals surface area contributed by atoms with Crippen molar-refractivity contribution in [3.63, 3.8) is 0 Å². The monoisotopic (exact) mass is 330 g/mol. The molecule has 2 aromatic rings. The van der Waals surface area contributed by atoms with Crippen molar-refractivity contribution < 1.29 is 13.9 Å². The summed E-state index contributed by atoms with van der Waals surface area (Å²) in [6.45, 7) is 2.64. The molecular weight excluding hydrogens is 307 g/mol. The van der Waals surface area contributed by atoms with Crippen LogP contribution in [-0.2, 0) is 6.54 Å². The van der Waals surface area contributed by atoms with Crippen LogP contribution in [0.15, 0.2) is 42.5 Å². The topological polar surface area (TPSA) is 33.7 Å². The maximum Gasteiger partial charge on any atom is 0.161 e. The molecule has 4 nitrogen and oxygen atoms in total. The second-order valence-corrected chi connectivity index (χ2v) is 6.14. The van der Waals surface area contributed by atoms with Gasteiger partial charge in [0.2, 0.25) is 0 Å². The highest BCUT2D eigenvalue weighted by molar-refractivity contribution is 5.43. The van der Waals surface area contributed by atoms with E-state index in [1.54, 1.807) is 12.1 Å². The van der Waals surface area contributed by atoms with Gasteiger partial charge in [-0.3, -0.25) is 0 Å². The van der Waals surface area contributed by atoms with Crippen molar-refractivity contribution in [1.82, 2.24) is 10.2 Å². The number of hydrogen-bond donors (Lipinski definition) is 1. The fourth-order valence-electron chi connectivity index (χ4n) is 2.86. The molecule has 1 N–H and O–H groups in total. The Morgan fingerprint density at radius 3 is 2.62 bits per heavy atom. The molecule has 0 radical (unpaired) electrons. The molecule has 0 spiro atoms. The SMILES string of the molecule is CN(C)C(CNCc1ccc2c(c1)OCCO2)c1cccc(F)c1. The molecule has 1 aliphatic rings. The normalized spacial score (nSPS) is 14.7. The van der Waals surface area contributed by atoms with Gasteiger partial charge in [-0.1, -0.05) is 18.2 Å². The van der Waals surface area contributed by atoms with E-state index in [2.05, 4.69) is 10.2 Å². The first-order valence-corrected chi connectivity index (χ1v) is 8.14. The van der Waals surface area contributed by atoms with Gasteiger partial charge in [0.05, 0.1) is 0 Å². The van der Waals surface area contributed by atoms with Gasteiger partial charge in [0.25, 0.3) is 0 Å². The Kier molecular flexibility index (Phi) is 5.33. The summed E-state index contributed by atoms with van der Waals surface area (Å²) in [5, 5.41) is 3.45. The zero-order valence-electron chi connectivity index (χ0n) is 14.1. The highest BCUT2D eigenvalue weighted by Gasteiger charge is 2.15. The van der Waals surface area contributed by atoms with Crippen LogP contribution in [0.3, 0.4) is 0 Å². The predicted octanol–water partition coefficient (Wildman–Crippen LogP) is 2.99. The molecule has 0 amide bonds. The molecule has 1 aliphatic heterocycles. The molecule has 2 aromatic carbocycles. The molecule has 1 heterocycles. The number of ether oxygens (including phenoxy) is 2. The van der Waals surface area contributed by atoms with E-state index in [0.29, 0.717) is 13.2 Å². The van der Waals surface area contributed by atoms with Crippen LogP contribution in [0.4, 0.5) is 4.39 Å². The summed E-state index contributed by atoms with van der Waals surface area (Å²) in [7, 11) is 4.00. The van der Waals surface area contributed by atoms with E-state index in [-0.39, 0.29) is 11.9 Å². The Balaban J connectivity index is 1.61. The van der Waals surface area contributed by atoms with Crippen LogP contribution in [0.5, 0.6) is 11.5 Å². The predicted molar refractivity (Wildman–Crippen MR) is 92.0 cm³/mol. The highest BCUT2D eigenvalue weighted by atomic mass is 19.1. The third-order valence-electron chi connectivity index (χ3n) is 4.13. The molecule has 0 aromatic heterocycles. The van der Waals surface area contributed by atoms with Crippen molar-refractivity contribution in [2.75, 3.05) is 33.9 Å². The van der Waals surface area contributed by atoms with Gasteiger partial charge in [-0.05, 0) is 49.5 Å². The van der Waals surface area contributed by atoms with Gasteiger partial charge >= 0.3 is 0 Å². The number of halogens is 1. The zero-order chi connectivity index (χ0) is 16.9. The van der Waals surface area contributed by atoms with Gasteiger partial charge in [-0.15, -0.1) is 0 Å². The Morgan fingerprint density at radius 1 is 1.08 bits per heavy atom. The van der Waals surface area contributed by atoms with Crippen LogP contribution < -0.4 is 14.8 Å². The molecule has 0 fully saturated rings. The van der Waals surface area contributed by atoms with E-state index >= 15 is 0 Å². The first-order chi connectivity index (χ1) is 11.6. The van der Waals surface area contributed by atoms with Crippen molar-refractivity contribution >= 4 is 0 Å². The van der Waals surface area contributed by atoms with Crippen molar-refractivity contribution in [2.45, 2.75) is 12.6 Å². The first-order valence-electron chi connectivity index (χ1n) is 8.14. The number of fused-ring (bicyclic) bond motifs is 1. The van der Waals surface area contributed by atoms with Crippen LogP contribution in [0.25, 0.3) is 0 Å². The van der Waals surface area contributed by atoms with E-state index in [0.717, 1.165) is 35.7 Å². The summed E-state index contributed by atoms with van der Waals surface area (Å²) in [6.07, 6.45) is 0. The molecular formula is C19H23FN2O2. The lowest BCUT2D eigenvalue weighted by atomic mass is 10.1. The fourth-order valence-corrected chi connectivity index (χ4v) is 2.86. The van der Waals surface area contributed by atoms with Gasteiger partial charge in [-0.25, -0.2) is 4.39 Å². The molecule has 0 saturated heterocycles. The maximum absolute atomic E-state index is 13.5. The minimum absolute atomic E-state index is 0.109. The largest absolute Gasteiger partial charge is 0.486 e. The summed E-state index contributed by atoms with van der Waals surface area (Å²) in [4.78, 5) is 2.09. The first kappa shape index (κ1) is 16.7. The smallest absolute Gasteiger partial charge is 0.161 e. The number of likely N-dealkylation sites (N-methyl/N-ethyl adjacent to an activating group) is 1. The Hall–Kier alpha value is -2.11. The zero-order valence-corrected chi connectivity index (χ0v) is 14.1. The molecule has 1 atom stereocenters. The molecule has 0 saturated carbocycles. The lowest BCUT2D eigenvalue weighted by molar-refractivity contribution is 0.171. The summed E-state index contributed by atoms with van der Waals surface area (Å²) in [5.74, 6) is 1.40.